The lowest BCUT2D eigenvalue weighted by atomic mass is 10.1. The van der Waals surface area contributed by atoms with Gasteiger partial charge < -0.3 is 15.0 Å². The summed E-state index contributed by atoms with van der Waals surface area (Å²) in [5.74, 6) is -0.386. The van der Waals surface area contributed by atoms with Gasteiger partial charge in [0.25, 0.3) is 10.0 Å². The van der Waals surface area contributed by atoms with Crippen LogP contribution in [0, 0.1) is 0 Å². The Labute approximate surface area is 233 Å². The van der Waals surface area contributed by atoms with Crippen LogP contribution in [0.5, 0.6) is 5.75 Å². The summed E-state index contributed by atoms with van der Waals surface area (Å²) in [6, 6.07) is 18.5. The maximum Gasteiger partial charge on any atom is 0.264 e. The Bertz CT molecular complexity index is 1390. The first-order valence-corrected chi connectivity index (χ1v) is 14.0. The fourth-order valence-electron chi connectivity index (χ4n) is 3.97. The number of hydrogen-bond donors (Lipinski definition) is 1. The van der Waals surface area contributed by atoms with Crippen molar-refractivity contribution in [3.05, 3.63) is 88.4 Å². The molecule has 1 unspecified atom stereocenters. The summed E-state index contributed by atoms with van der Waals surface area (Å²) in [6.45, 7) is 1.21. The number of carbonyl (C=O) groups excluding carboxylic acids is 2. The van der Waals surface area contributed by atoms with Crippen LogP contribution in [-0.2, 0) is 26.2 Å². The molecule has 3 aromatic rings. The third-order valence-corrected chi connectivity index (χ3v) is 8.51. The summed E-state index contributed by atoms with van der Waals surface area (Å²) in [4.78, 5) is 28.0. The van der Waals surface area contributed by atoms with Crippen LogP contribution in [0.1, 0.15) is 18.9 Å². The molecule has 8 nitrogen and oxygen atoms in total. The molecule has 202 valence electrons. The smallest absolute Gasteiger partial charge is 0.264 e. The number of anilines is 1. The highest BCUT2D eigenvalue weighted by Crippen LogP contribution is 2.35. The molecule has 2 amide bonds. The number of hydrogen-bond acceptors (Lipinski definition) is 5. The Morgan fingerprint density at radius 2 is 1.68 bits per heavy atom. The number of likely N-dealkylation sites (N-methyl/N-ethyl adjacent to an activating group) is 1. The van der Waals surface area contributed by atoms with Gasteiger partial charge in [-0.2, -0.15) is 0 Å². The van der Waals surface area contributed by atoms with Gasteiger partial charge in [-0.3, -0.25) is 13.9 Å². The monoisotopic (exact) mass is 577 g/mol. The number of amides is 2. The molecule has 0 aliphatic heterocycles. The minimum absolute atomic E-state index is 0.0147. The van der Waals surface area contributed by atoms with Crippen molar-refractivity contribution in [2.45, 2.75) is 30.8 Å². The van der Waals surface area contributed by atoms with Crippen LogP contribution < -0.4 is 14.4 Å². The molecule has 0 heterocycles. The van der Waals surface area contributed by atoms with Gasteiger partial charge in [-0.15, -0.1) is 0 Å². The van der Waals surface area contributed by atoms with Gasteiger partial charge >= 0.3 is 0 Å². The van der Waals surface area contributed by atoms with Crippen LogP contribution in [-0.4, -0.2) is 51.9 Å². The van der Waals surface area contributed by atoms with Gasteiger partial charge in [0, 0.05) is 13.6 Å². The second-order valence-corrected chi connectivity index (χ2v) is 11.0. The van der Waals surface area contributed by atoms with Crippen molar-refractivity contribution < 1.29 is 22.7 Å². The van der Waals surface area contributed by atoms with Gasteiger partial charge in [0.15, 0.2) is 0 Å². The van der Waals surface area contributed by atoms with Crippen molar-refractivity contribution in [3.8, 4) is 5.75 Å². The molecule has 0 bridgehead atoms. The lowest BCUT2D eigenvalue weighted by Gasteiger charge is -2.33. The molecule has 38 heavy (non-hydrogen) atoms. The van der Waals surface area contributed by atoms with Crippen LogP contribution in [0.15, 0.2) is 77.7 Å². The molecule has 0 saturated carbocycles. The maximum atomic E-state index is 13.9. The molecule has 3 rings (SSSR count). The van der Waals surface area contributed by atoms with E-state index in [9.17, 15) is 18.0 Å². The predicted octanol–water partition coefficient (Wildman–Crippen LogP) is 4.75. The Hall–Kier alpha value is -3.27. The highest BCUT2D eigenvalue weighted by molar-refractivity contribution is 7.92. The number of nitrogens with one attached hydrogen (secondary N) is 1. The first-order valence-electron chi connectivity index (χ1n) is 11.8. The largest absolute Gasteiger partial charge is 0.497 e. The molecule has 0 fully saturated rings. The van der Waals surface area contributed by atoms with Crippen molar-refractivity contribution in [1.82, 2.24) is 10.2 Å². The molecular weight excluding hydrogens is 549 g/mol. The number of sulfonamides is 1. The molecule has 0 saturated heterocycles. The number of benzene rings is 3. The van der Waals surface area contributed by atoms with Crippen LogP contribution in [0.3, 0.4) is 0 Å². The fraction of sp³-hybridized carbons (Fsp3) is 0.259. The molecule has 1 N–H and O–H groups in total. The van der Waals surface area contributed by atoms with Gasteiger partial charge in [0.1, 0.15) is 18.3 Å². The summed E-state index contributed by atoms with van der Waals surface area (Å²) in [5.41, 5.74) is 0.754. The summed E-state index contributed by atoms with van der Waals surface area (Å²) in [6.07, 6.45) is 0.304. The molecule has 0 aliphatic carbocycles. The standard InChI is InChI=1S/C27H29Cl2N3O5S/c1-4-23(27(34)30-2)31(17-19-10-8-11-20(16-19)37-3)25(33)18-32(24-15-9-14-22(28)26(24)29)38(35,36)21-12-6-5-7-13-21/h5-16,23H,4,17-18H2,1-3H3,(H,30,34). The van der Waals surface area contributed by atoms with Crippen molar-refractivity contribution in [2.24, 2.45) is 0 Å². The number of carbonyl (C=O) groups is 2. The van der Waals surface area contributed by atoms with E-state index in [0.29, 0.717) is 17.7 Å². The highest BCUT2D eigenvalue weighted by atomic mass is 35.5. The van der Waals surface area contributed by atoms with Crippen LogP contribution in [0.25, 0.3) is 0 Å². The molecule has 0 aromatic heterocycles. The van der Waals surface area contributed by atoms with E-state index in [1.165, 1.54) is 43.3 Å². The molecule has 1 atom stereocenters. The Morgan fingerprint density at radius 1 is 1.00 bits per heavy atom. The number of halogens is 2. The fourth-order valence-corrected chi connectivity index (χ4v) is 5.87. The van der Waals surface area contributed by atoms with Gasteiger partial charge in [-0.05, 0) is 48.4 Å². The average Bonchev–Trinajstić information content (AvgIpc) is 2.93. The third-order valence-electron chi connectivity index (χ3n) is 5.93. The zero-order valence-electron chi connectivity index (χ0n) is 21.2. The number of methoxy groups -OCH3 is 1. The SMILES string of the molecule is CCC(C(=O)NC)N(Cc1cccc(OC)c1)C(=O)CN(c1cccc(Cl)c1Cl)S(=O)(=O)c1ccccc1. The number of nitrogens with zero attached hydrogens (tertiary/aromatic N) is 2. The zero-order chi connectivity index (χ0) is 27.9. The minimum atomic E-state index is -4.24. The van der Waals surface area contributed by atoms with E-state index in [4.69, 9.17) is 27.9 Å². The van der Waals surface area contributed by atoms with Crippen LogP contribution in [0.4, 0.5) is 5.69 Å². The van der Waals surface area contributed by atoms with Gasteiger partial charge in [0.05, 0.1) is 27.7 Å². The molecular formula is C27H29Cl2N3O5S. The first-order chi connectivity index (χ1) is 18.1. The van der Waals surface area contributed by atoms with Gasteiger partial charge in [-0.25, -0.2) is 8.42 Å². The van der Waals surface area contributed by atoms with E-state index in [-0.39, 0.29) is 33.1 Å². The Morgan fingerprint density at radius 3 is 2.32 bits per heavy atom. The molecule has 0 spiro atoms. The summed E-state index contributed by atoms with van der Waals surface area (Å²) in [5, 5.41) is 2.71. The zero-order valence-corrected chi connectivity index (χ0v) is 23.6. The third kappa shape index (κ3) is 6.59. The maximum absolute atomic E-state index is 13.9. The summed E-state index contributed by atoms with van der Waals surface area (Å²) in [7, 11) is -1.23. The van der Waals surface area contributed by atoms with E-state index in [0.717, 1.165) is 4.31 Å². The Kier molecular flexibility index (Phi) is 10.0. The van der Waals surface area contributed by atoms with Crippen molar-refractivity contribution in [1.29, 1.82) is 0 Å². The molecule has 0 radical (unpaired) electrons. The lowest BCUT2D eigenvalue weighted by Crippen LogP contribution is -2.51. The van der Waals surface area contributed by atoms with Crippen molar-refractivity contribution in [3.63, 3.8) is 0 Å². The van der Waals surface area contributed by atoms with E-state index < -0.39 is 28.5 Å². The summed E-state index contributed by atoms with van der Waals surface area (Å²) >= 11 is 12.6. The Balaban J connectivity index is 2.10. The van der Waals surface area contributed by atoms with Gasteiger partial charge in [-0.1, -0.05) is 66.5 Å². The number of ether oxygens (including phenoxy) is 1. The lowest BCUT2D eigenvalue weighted by molar-refractivity contribution is -0.140. The van der Waals surface area contributed by atoms with E-state index in [2.05, 4.69) is 5.32 Å². The van der Waals surface area contributed by atoms with E-state index >= 15 is 0 Å². The highest BCUT2D eigenvalue weighted by Gasteiger charge is 2.34. The average molecular weight is 579 g/mol. The van der Waals surface area contributed by atoms with Crippen molar-refractivity contribution >= 4 is 50.7 Å². The normalized spacial score (nSPS) is 11.9. The topological polar surface area (TPSA) is 96.0 Å². The van der Waals surface area contributed by atoms with E-state index in [1.54, 1.807) is 55.5 Å². The summed E-state index contributed by atoms with van der Waals surface area (Å²) < 4.78 is 33.8. The van der Waals surface area contributed by atoms with Crippen molar-refractivity contribution in [2.75, 3.05) is 25.0 Å². The van der Waals surface area contributed by atoms with Crippen LogP contribution >= 0.6 is 23.2 Å². The van der Waals surface area contributed by atoms with Gasteiger partial charge in [0.2, 0.25) is 11.8 Å². The second-order valence-electron chi connectivity index (χ2n) is 8.31. The predicted molar refractivity (Wildman–Crippen MR) is 149 cm³/mol. The van der Waals surface area contributed by atoms with Crippen LogP contribution in [0.2, 0.25) is 10.0 Å². The molecule has 11 heteroatoms. The quantitative estimate of drug-likeness (QED) is 0.354. The minimum Gasteiger partial charge on any atom is -0.497 e. The van der Waals surface area contributed by atoms with E-state index in [1.807, 2.05) is 0 Å². The molecule has 0 aliphatic rings. The number of rotatable bonds is 11. The first kappa shape index (κ1) is 29.3. The second kappa shape index (κ2) is 13.0. The molecule has 3 aromatic carbocycles.